The van der Waals surface area contributed by atoms with E-state index >= 15 is 0 Å². The van der Waals surface area contributed by atoms with Gasteiger partial charge in [0, 0.05) is 17.4 Å². The number of carbonyl (C=O) groups excluding carboxylic acids is 1. The average molecular weight is 289 g/mol. The zero-order chi connectivity index (χ0) is 15.4. The Morgan fingerprint density at radius 2 is 2.00 bits per heavy atom. The van der Waals surface area contributed by atoms with E-state index in [-0.39, 0.29) is 11.6 Å². The van der Waals surface area contributed by atoms with E-state index in [1.807, 2.05) is 38.4 Å². The van der Waals surface area contributed by atoms with Gasteiger partial charge in [0.05, 0.1) is 6.54 Å². The Labute approximate surface area is 122 Å². The molecule has 0 aliphatic rings. The van der Waals surface area contributed by atoms with Crippen molar-refractivity contribution in [3.63, 3.8) is 0 Å². The lowest BCUT2D eigenvalue weighted by Crippen LogP contribution is -2.34. The highest BCUT2D eigenvalue weighted by Crippen LogP contribution is 2.22. The number of amides is 1. The van der Waals surface area contributed by atoms with Crippen LogP contribution in [0.15, 0.2) is 24.3 Å². The largest absolute Gasteiger partial charge is 0.477 e. The minimum atomic E-state index is -0.985. The van der Waals surface area contributed by atoms with Crippen LogP contribution >= 0.6 is 0 Å². The molecule has 3 N–H and O–H groups in total. The summed E-state index contributed by atoms with van der Waals surface area (Å²) in [6.07, 6.45) is 0.477. The highest BCUT2D eigenvalue weighted by atomic mass is 16.4. The first-order valence-electron chi connectivity index (χ1n) is 6.73. The summed E-state index contributed by atoms with van der Waals surface area (Å²) in [7, 11) is 3.64. The lowest BCUT2D eigenvalue weighted by molar-refractivity contribution is -0.121. The molecule has 0 spiro atoms. The first kappa shape index (κ1) is 15.1. The molecule has 0 atom stereocenters. The Morgan fingerprint density at radius 3 is 2.67 bits per heavy atom. The van der Waals surface area contributed by atoms with Gasteiger partial charge in [-0.05, 0) is 32.1 Å². The summed E-state index contributed by atoms with van der Waals surface area (Å²) in [6, 6.07) is 7.45. The fraction of sp³-hybridized carbons (Fsp3) is 0.333. The van der Waals surface area contributed by atoms with Crippen LogP contribution in [0.1, 0.15) is 16.1 Å². The summed E-state index contributed by atoms with van der Waals surface area (Å²) in [4.78, 5) is 27.6. The molecule has 6 heteroatoms. The molecule has 0 unspecified atom stereocenters. The lowest BCUT2D eigenvalue weighted by atomic mass is 10.1. The summed E-state index contributed by atoms with van der Waals surface area (Å²) in [5.74, 6) is -1.06. The van der Waals surface area contributed by atoms with Gasteiger partial charge in [0.25, 0.3) is 0 Å². The Bertz CT molecular complexity index is 661. The van der Waals surface area contributed by atoms with Crippen molar-refractivity contribution in [2.24, 2.45) is 0 Å². The number of fused-ring (bicyclic) bond motifs is 1. The van der Waals surface area contributed by atoms with Crippen molar-refractivity contribution in [2.75, 3.05) is 27.2 Å². The van der Waals surface area contributed by atoms with Gasteiger partial charge in [-0.1, -0.05) is 18.2 Å². The molecule has 0 bridgehead atoms. The third-order valence-corrected chi connectivity index (χ3v) is 3.18. The number of aromatic amines is 1. The molecular weight excluding hydrogens is 270 g/mol. The molecule has 0 aliphatic heterocycles. The maximum absolute atomic E-state index is 11.6. The molecule has 1 aromatic carbocycles. The molecule has 0 aliphatic carbocycles. The van der Waals surface area contributed by atoms with E-state index in [1.165, 1.54) is 0 Å². The number of nitrogens with zero attached hydrogens (tertiary/aromatic N) is 1. The number of benzene rings is 1. The first-order chi connectivity index (χ1) is 9.99. The second-order valence-electron chi connectivity index (χ2n) is 5.17. The molecule has 1 aromatic heterocycles. The number of likely N-dealkylation sites (N-methyl/N-ethyl adjacent to an activating group) is 1. The van der Waals surface area contributed by atoms with Crippen molar-refractivity contribution in [3.8, 4) is 0 Å². The quantitative estimate of drug-likeness (QED) is 0.743. The monoisotopic (exact) mass is 289 g/mol. The van der Waals surface area contributed by atoms with E-state index in [2.05, 4.69) is 10.3 Å². The number of carboxylic acids is 1. The van der Waals surface area contributed by atoms with Crippen LogP contribution in [0.25, 0.3) is 10.9 Å². The van der Waals surface area contributed by atoms with E-state index in [0.29, 0.717) is 19.5 Å². The van der Waals surface area contributed by atoms with E-state index in [9.17, 15) is 14.7 Å². The smallest absolute Gasteiger partial charge is 0.352 e. The number of nitrogens with one attached hydrogen (secondary N) is 2. The number of aromatic carboxylic acids is 1. The predicted octanol–water partition coefficient (Wildman–Crippen LogP) is 1.09. The maximum Gasteiger partial charge on any atom is 0.352 e. The standard InChI is InChI=1S/C15H19N3O3/c1-18(2)9-13(19)16-8-7-11-10-5-3-4-6-12(10)17-14(11)15(20)21/h3-6,17H,7-9H2,1-2H3,(H,16,19)(H,20,21). The van der Waals surface area contributed by atoms with Crippen molar-refractivity contribution < 1.29 is 14.7 Å². The van der Waals surface area contributed by atoms with Gasteiger partial charge in [-0.3, -0.25) is 4.79 Å². The number of H-pyrrole nitrogens is 1. The molecule has 6 nitrogen and oxygen atoms in total. The van der Waals surface area contributed by atoms with Crippen molar-refractivity contribution >= 4 is 22.8 Å². The fourth-order valence-electron chi connectivity index (χ4n) is 2.31. The molecule has 0 saturated carbocycles. The molecule has 1 amide bonds. The van der Waals surface area contributed by atoms with Crippen LogP contribution in [0.3, 0.4) is 0 Å². The zero-order valence-corrected chi connectivity index (χ0v) is 12.1. The number of carboxylic acid groups (broad SMARTS) is 1. The van der Waals surface area contributed by atoms with E-state index in [1.54, 1.807) is 4.90 Å². The normalized spacial score (nSPS) is 11.0. The van der Waals surface area contributed by atoms with Crippen LogP contribution in [0.5, 0.6) is 0 Å². The highest BCUT2D eigenvalue weighted by molar-refractivity contribution is 5.97. The van der Waals surface area contributed by atoms with Crippen LogP contribution in [0.2, 0.25) is 0 Å². The highest BCUT2D eigenvalue weighted by Gasteiger charge is 2.16. The summed E-state index contributed by atoms with van der Waals surface area (Å²) < 4.78 is 0. The van der Waals surface area contributed by atoms with Gasteiger partial charge in [-0.15, -0.1) is 0 Å². The first-order valence-corrected chi connectivity index (χ1v) is 6.73. The van der Waals surface area contributed by atoms with Crippen LogP contribution in [-0.4, -0.2) is 54.1 Å². The summed E-state index contributed by atoms with van der Waals surface area (Å²) >= 11 is 0. The summed E-state index contributed by atoms with van der Waals surface area (Å²) in [5.41, 5.74) is 1.71. The van der Waals surface area contributed by atoms with Gasteiger partial charge in [-0.25, -0.2) is 4.79 Å². The zero-order valence-electron chi connectivity index (χ0n) is 12.1. The minimum absolute atomic E-state index is 0.0725. The molecule has 1 heterocycles. The van der Waals surface area contributed by atoms with Gasteiger partial charge < -0.3 is 20.3 Å². The molecule has 112 valence electrons. The Balaban J connectivity index is 2.12. The number of hydrogen-bond donors (Lipinski definition) is 3. The number of para-hydroxylation sites is 1. The number of rotatable bonds is 6. The molecule has 0 fully saturated rings. The Kier molecular flexibility index (Phi) is 4.59. The van der Waals surface area contributed by atoms with Crippen LogP contribution in [0, 0.1) is 0 Å². The number of hydrogen-bond acceptors (Lipinski definition) is 3. The molecule has 21 heavy (non-hydrogen) atoms. The van der Waals surface area contributed by atoms with Gasteiger partial charge >= 0.3 is 5.97 Å². The second kappa shape index (κ2) is 6.41. The molecule has 0 saturated heterocycles. The number of carbonyl (C=O) groups is 2. The SMILES string of the molecule is CN(C)CC(=O)NCCc1c(C(=O)O)[nH]c2ccccc12. The van der Waals surface area contributed by atoms with Crippen LogP contribution < -0.4 is 5.32 Å². The maximum atomic E-state index is 11.6. The molecule has 0 radical (unpaired) electrons. The molecule has 2 rings (SSSR count). The third kappa shape index (κ3) is 3.61. The van der Waals surface area contributed by atoms with Gasteiger partial charge in [-0.2, -0.15) is 0 Å². The molecule has 2 aromatic rings. The second-order valence-corrected chi connectivity index (χ2v) is 5.17. The van der Waals surface area contributed by atoms with Crippen LogP contribution in [0.4, 0.5) is 0 Å². The minimum Gasteiger partial charge on any atom is -0.477 e. The van der Waals surface area contributed by atoms with E-state index in [4.69, 9.17) is 0 Å². The average Bonchev–Trinajstić information content (AvgIpc) is 2.77. The molecular formula is C15H19N3O3. The van der Waals surface area contributed by atoms with Gasteiger partial charge in [0.1, 0.15) is 5.69 Å². The number of aromatic nitrogens is 1. The summed E-state index contributed by atoms with van der Waals surface area (Å²) in [5, 5.41) is 13.0. The third-order valence-electron chi connectivity index (χ3n) is 3.18. The van der Waals surface area contributed by atoms with Gasteiger partial charge in [0.15, 0.2) is 0 Å². The lowest BCUT2D eigenvalue weighted by Gasteiger charge is -2.10. The van der Waals surface area contributed by atoms with Crippen molar-refractivity contribution in [1.29, 1.82) is 0 Å². The fourth-order valence-corrected chi connectivity index (χ4v) is 2.31. The predicted molar refractivity (Wildman–Crippen MR) is 80.5 cm³/mol. The Hall–Kier alpha value is -2.34. The van der Waals surface area contributed by atoms with E-state index in [0.717, 1.165) is 16.5 Å². The summed E-state index contributed by atoms with van der Waals surface area (Å²) in [6.45, 7) is 0.731. The van der Waals surface area contributed by atoms with E-state index < -0.39 is 5.97 Å². The topological polar surface area (TPSA) is 85.4 Å². The Morgan fingerprint density at radius 1 is 1.29 bits per heavy atom. The van der Waals surface area contributed by atoms with Crippen LogP contribution in [-0.2, 0) is 11.2 Å². The van der Waals surface area contributed by atoms with Crippen molar-refractivity contribution in [1.82, 2.24) is 15.2 Å². The van der Waals surface area contributed by atoms with Crippen molar-refractivity contribution in [2.45, 2.75) is 6.42 Å². The van der Waals surface area contributed by atoms with Crippen molar-refractivity contribution in [3.05, 3.63) is 35.5 Å². The van der Waals surface area contributed by atoms with Gasteiger partial charge in [0.2, 0.25) is 5.91 Å².